The smallest absolute Gasteiger partial charge is 0.314 e. The molecule has 20 heavy (non-hydrogen) atoms. The molecule has 1 fully saturated rings. The molecular formula is C15H28N2O3. The highest BCUT2D eigenvalue weighted by molar-refractivity contribution is 5.74. The largest absolute Gasteiger partial charge is 0.481 e. The number of carbonyl (C=O) groups excluding carboxylic acids is 1. The van der Waals surface area contributed by atoms with Crippen molar-refractivity contribution in [3.8, 4) is 0 Å². The molecule has 0 aromatic carbocycles. The summed E-state index contributed by atoms with van der Waals surface area (Å²) in [5.74, 6) is -0.497. The van der Waals surface area contributed by atoms with E-state index in [2.05, 4.69) is 38.3 Å². The Morgan fingerprint density at radius 2 is 1.90 bits per heavy atom. The summed E-state index contributed by atoms with van der Waals surface area (Å²) in [5.41, 5.74) is 0.0499. The fourth-order valence-corrected chi connectivity index (χ4v) is 2.40. The number of carboxylic acids is 1. The fraction of sp³-hybridized carbons (Fsp3) is 0.867. The molecule has 1 rings (SSSR count). The highest BCUT2D eigenvalue weighted by Crippen LogP contribution is 2.31. The molecule has 0 saturated heterocycles. The van der Waals surface area contributed by atoms with Crippen LogP contribution < -0.4 is 10.6 Å². The maximum atomic E-state index is 11.8. The Bertz CT molecular complexity index is 353. The van der Waals surface area contributed by atoms with Gasteiger partial charge in [0.15, 0.2) is 0 Å². The van der Waals surface area contributed by atoms with Crippen LogP contribution >= 0.6 is 0 Å². The van der Waals surface area contributed by atoms with Crippen molar-refractivity contribution in [1.82, 2.24) is 10.6 Å². The van der Waals surface area contributed by atoms with Gasteiger partial charge in [-0.15, -0.1) is 0 Å². The van der Waals surface area contributed by atoms with Gasteiger partial charge in [0.25, 0.3) is 0 Å². The van der Waals surface area contributed by atoms with E-state index in [0.717, 1.165) is 19.3 Å². The van der Waals surface area contributed by atoms with E-state index in [-0.39, 0.29) is 23.3 Å². The molecule has 0 aromatic rings. The summed E-state index contributed by atoms with van der Waals surface area (Å²) in [5, 5.41) is 14.8. The van der Waals surface area contributed by atoms with Crippen molar-refractivity contribution in [2.45, 2.75) is 47.0 Å². The molecule has 0 spiro atoms. The Morgan fingerprint density at radius 3 is 2.45 bits per heavy atom. The summed E-state index contributed by atoms with van der Waals surface area (Å²) in [6, 6.07) is -0.199. The van der Waals surface area contributed by atoms with Crippen LogP contribution in [-0.4, -0.2) is 30.2 Å². The van der Waals surface area contributed by atoms with E-state index in [1.54, 1.807) is 0 Å². The number of amides is 2. The van der Waals surface area contributed by atoms with Gasteiger partial charge in [-0.25, -0.2) is 4.79 Å². The van der Waals surface area contributed by atoms with Crippen LogP contribution in [0.3, 0.4) is 0 Å². The Hall–Kier alpha value is -1.26. The molecule has 5 nitrogen and oxygen atoms in total. The second-order valence-electron chi connectivity index (χ2n) is 6.84. The topological polar surface area (TPSA) is 78.4 Å². The molecule has 0 radical (unpaired) electrons. The zero-order chi connectivity index (χ0) is 15.3. The third-order valence-corrected chi connectivity index (χ3v) is 4.77. The van der Waals surface area contributed by atoms with Crippen LogP contribution in [0.25, 0.3) is 0 Å². The third-order valence-electron chi connectivity index (χ3n) is 4.77. The minimum atomic E-state index is -0.740. The predicted octanol–water partition coefficient (Wildman–Crippen LogP) is 2.47. The minimum absolute atomic E-state index is 0.0499. The number of hydrogen-bond donors (Lipinski definition) is 3. The highest BCUT2D eigenvalue weighted by Gasteiger charge is 2.33. The summed E-state index contributed by atoms with van der Waals surface area (Å²) in [6.45, 7) is 9.57. The standard InChI is InChI=1S/C15H28N2O3/c1-10(2)15(3,4)9-17-14(20)16-8-11-6-5-7-12(11)13(18)19/h10-12H,5-9H2,1-4H3,(H,18,19)(H2,16,17,20). The molecule has 2 unspecified atom stereocenters. The lowest BCUT2D eigenvalue weighted by Crippen LogP contribution is -2.44. The molecule has 116 valence electrons. The van der Waals surface area contributed by atoms with E-state index in [1.165, 1.54) is 0 Å². The van der Waals surface area contributed by atoms with Crippen LogP contribution in [-0.2, 0) is 4.79 Å². The maximum absolute atomic E-state index is 11.8. The van der Waals surface area contributed by atoms with E-state index in [9.17, 15) is 9.59 Å². The molecule has 2 amide bonds. The van der Waals surface area contributed by atoms with E-state index in [0.29, 0.717) is 19.0 Å². The predicted molar refractivity (Wildman–Crippen MR) is 78.5 cm³/mol. The first-order valence-electron chi connectivity index (χ1n) is 7.48. The van der Waals surface area contributed by atoms with Crippen molar-refractivity contribution in [3.63, 3.8) is 0 Å². The lowest BCUT2D eigenvalue weighted by atomic mass is 9.81. The first-order valence-corrected chi connectivity index (χ1v) is 7.48. The molecule has 1 saturated carbocycles. The van der Waals surface area contributed by atoms with Crippen LogP contribution in [0.2, 0.25) is 0 Å². The molecule has 3 N–H and O–H groups in total. The lowest BCUT2D eigenvalue weighted by Gasteiger charge is -2.29. The Kier molecular flexibility index (Phi) is 5.84. The Balaban J connectivity index is 2.32. The average Bonchev–Trinajstić information content (AvgIpc) is 2.82. The first kappa shape index (κ1) is 16.8. The minimum Gasteiger partial charge on any atom is -0.481 e. The van der Waals surface area contributed by atoms with Gasteiger partial charge in [-0.1, -0.05) is 34.1 Å². The number of carbonyl (C=O) groups is 2. The molecule has 0 bridgehead atoms. The van der Waals surface area contributed by atoms with Crippen LogP contribution in [0.1, 0.15) is 47.0 Å². The molecule has 2 atom stereocenters. The number of rotatable bonds is 6. The van der Waals surface area contributed by atoms with Crippen molar-refractivity contribution in [3.05, 3.63) is 0 Å². The molecule has 0 heterocycles. The molecular weight excluding hydrogens is 256 g/mol. The Morgan fingerprint density at radius 1 is 1.25 bits per heavy atom. The van der Waals surface area contributed by atoms with E-state index in [1.807, 2.05) is 0 Å². The normalized spacial score (nSPS) is 22.9. The van der Waals surface area contributed by atoms with Gasteiger partial charge in [-0.2, -0.15) is 0 Å². The van der Waals surface area contributed by atoms with Crippen LogP contribution in [0.5, 0.6) is 0 Å². The number of hydrogen-bond acceptors (Lipinski definition) is 2. The van der Waals surface area contributed by atoms with Gasteiger partial charge in [0.05, 0.1) is 5.92 Å². The second-order valence-corrected chi connectivity index (χ2v) is 6.84. The van der Waals surface area contributed by atoms with E-state index >= 15 is 0 Å². The van der Waals surface area contributed by atoms with Crippen LogP contribution in [0.4, 0.5) is 4.79 Å². The molecule has 1 aliphatic carbocycles. The molecule has 1 aliphatic rings. The zero-order valence-electron chi connectivity index (χ0n) is 13.0. The van der Waals surface area contributed by atoms with Gasteiger partial charge in [0.2, 0.25) is 0 Å². The summed E-state index contributed by atoms with van der Waals surface area (Å²) >= 11 is 0. The van der Waals surface area contributed by atoms with Gasteiger partial charge in [-0.3, -0.25) is 4.79 Å². The van der Waals surface area contributed by atoms with Crippen molar-refractivity contribution >= 4 is 12.0 Å². The SMILES string of the molecule is CC(C)C(C)(C)CNC(=O)NCC1CCCC1C(=O)O. The lowest BCUT2D eigenvalue weighted by molar-refractivity contribution is -0.142. The van der Waals surface area contributed by atoms with Crippen LogP contribution in [0, 0.1) is 23.2 Å². The fourth-order valence-electron chi connectivity index (χ4n) is 2.40. The van der Waals surface area contributed by atoms with Crippen molar-refractivity contribution in [1.29, 1.82) is 0 Å². The first-order chi connectivity index (χ1) is 9.24. The average molecular weight is 284 g/mol. The monoisotopic (exact) mass is 284 g/mol. The van der Waals surface area contributed by atoms with Gasteiger partial charge in [-0.05, 0) is 30.1 Å². The van der Waals surface area contributed by atoms with Crippen molar-refractivity contribution in [2.75, 3.05) is 13.1 Å². The third kappa shape index (κ3) is 4.69. The van der Waals surface area contributed by atoms with E-state index in [4.69, 9.17) is 5.11 Å². The number of urea groups is 1. The van der Waals surface area contributed by atoms with E-state index < -0.39 is 5.97 Å². The number of carboxylic acid groups (broad SMARTS) is 1. The van der Waals surface area contributed by atoms with Gasteiger partial charge in [0, 0.05) is 13.1 Å². The molecule has 0 aliphatic heterocycles. The Labute approximate surface area is 121 Å². The summed E-state index contributed by atoms with van der Waals surface area (Å²) in [4.78, 5) is 22.8. The number of nitrogens with one attached hydrogen (secondary N) is 2. The molecule has 0 aromatic heterocycles. The maximum Gasteiger partial charge on any atom is 0.314 e. The highest BCUT2D eigenvalue weighted by atomic mass is 16.4. The van der Waals surface area contributed by atoms with Crippen LogP contribution in [0.15, 0.2) is 0 Å². The van der Waals surface area contributed by atoms with Gasteiger partial charge < -0.3 is 15.7 Å². The van der Waals surface area contributed by atoms with Gasteiger partial charge in [0.1, 0.15) is 0 Å². The second kappa shape index (κ2) is 6.95. The number of aliphatic carboxylic acids is 1. The molecule has 5 heteroatoms. The zero-order valence-corrected chi connectivity index (χ0v) is 13.0. The quantitative estimate of drug-likeness (QED) is 0.701. The summed E-state index contributed by atoms with van der Waals surface area (Å²) in [7, 11) is 0. The summed E-state index contributed by atoms with van der Waals surface area (Å²) in [6.07, 6.45) is 2.55. The van der Waals surface area contributed by atoms with Crippen molar-refractivity contribution < 1.29 is 14.7 Å². The van der Waals surface area contributed by atoms with Gasteiger partial charge >= 0.3 is 12.0 Å². The van der Waals surface area contributed by atoms with Crippen molar-refractivity contribution in [2.24, 2.45) is 23.2 Å². The summed E-state index contributed by atoms with van der Waals surface area (Å²) < 4.78 is 0.